The highest BCUT2D eigenvalue weighted by Gasteiger charge is 2.41. The largest absolute Gasteiger partial charge is 0.310 e. The molecule has 0 unspecified atom stereocenters. The average molecular weight is 812 g/mol. The molecule has 11 aromatic rings. The highest BCUT2D eigenvalue weighted by molar-refractivity contribution is 7.26. The zero-order valence-electron chi connectivity index (χ0n) is 33.5. The van der Waals surface area contributed by atoms with Crippen molar-refractivity contribution < 1.29 is 0 Å². The van der Waals surface area contributed by atoms with Gasteiger partial charge in [-0.25, -0.2) is 0 Å². The SMILES string of the molecule is c1ccc(-c2ccc(N(c3cccc(-c4cccc([Si](c5ccccc5)(c5ccccc5)c5ccccc5)c4)c3)c3ccc4ccc5c6ccccc6sc5c4c3)cc2)cc1. The van der Waals surface area contributed by atoms with E-state index < -0.39 is 8.07 Å². The van der Waals surface area contributed by atoms with E-state index in [0.717, 1.165) is 17.1 Å². The van der Waals surface area contributed by atoms with Crippen LogP contribution >= 0.6 is 11.3 Å². The first-order chi connectivity index (χ1) is 30.2. The van der Waals surface area contributed by atoms with Crippen LogP contribution in [0.15, 0.2) is 249 Å². The molecule has 0 aliphatic carbocycles. The van der Waals surface area contributed by atoms with Crippen LogP contribution in [0.25, 0.3) is 53.2 Å². The molecule has 0 aliphatic heterocycles. The number of thiophene rings is 1. The fourth-order valence-electron chi connectivity index (χ4n) is 9.33. The summed E-state index contributed by atoms with van der Waals surface area (Å²) in [5.74, 6) is 0. The van der Waals surface area contributed by atoms with E-state index >= 15 is 0 Å². The maximum absolute atomic E-state index is 2.71. The fraction of sp³-hybridized carbons (Fsp3) is 0. The van der Waals surface area contributed by atoms with Gasteiger partial charge in [0.2, 0.25) is 0 Å². The van der Waals surface area contributed by atoms with Gasteiger partial charge in [-0.2, -0.15) is 0 Å². The maximum atomic E-state index is 2.46. The van der Waals surface area contributed by atoms with Crippen molar-refractivity contribution in [1.29, 1.82) is 0 Å². The van der Waals surface area contributed by atoms with Crippen LogP contribution in [0.5, 0.6) is 0 Å². The number of anilines is 3. The Bertz CT molecular complexity index is 3190. The van der Waals surface area contributed by atoms with Crippen molar-refractivity contribution in [2.24, 2.45) is 0 Å². The van der Waals surface area contributed by atoms with Gasteiger partial charge in [0.15, 0.2) is 8.07 Å². The highest BCUT2D eigenvalue weighted by Crippen LogP contribution is 2.43. The molecule has 0 amide bonds. The predicted octanol–water partition coefficient (Wildman–Crippen LogP) is 13.4. The lowest BCUT2D eigenvalue weighted by atomic mass is 10.0. The first-order valence-electron chi connectivity index (χ1n) is 20.9. The molecule has 0 N–H and O–H groups in total. The number of hydrogen-bond acceptors (Lipinski definition) is 2. The standard InChI is InChI=1S/C58H41NSSi/c1-5-17-42(18-6-1)43-31-35-47(36-32-43)59(49-37-33-44-34-38-55-54-29-13-14-30-57(54)60-58(55)56(44)41-49)48-21-15-19-45(39-48)46-20-16-28-53(40-46)61(50-22-7-2-8-23-50,51-24-9-3-10-25-51)52-26-11-4-12-27-52/h1-41H. The number of rotatable bonds is 9. The average Bonchev–Trinajstić information content (AvgIpc) is 3.73. The molecule has 0 bridgehead atoms. The second-order valence-electron chi connectivity index (χ2n) is 15.7. The molecule has 61 heavy (non-hydrogen) atoms. The van der Waals surface area contributed by atoms with Crippen LogP contribution in [0.4, 0.5) is 17.1 Å². The number of hydrogen-bond donors (Lipinski definition) is 0. The second-order valence-corrected chi connectivity index (χ2v) is 20.5. The van der Waals surface area contributed by atoms with Gasteiger partial charge in [-0.1, -0.05) is 206 Å². The Morgan fingerprint density at radius 1 is 0.295 bits per heavy atom. The Labute approximate surface area is 362 Å². The minimum absolute atomic E-state index is 1.11. The smallest absolute Gasteiger partial charge is 0.179 e. The molecule has 0 atom stereocenters. The normalized spacial score (nSPS) is 11.6. The molecule has 0 fully saturated rings. The van der Waals surface area contributed by atoms with Gasteiger partial charge in [0, 0.05) is 42.6 Å². The summed E-state index contributed by atoms with van der Waals surface area (Å²) < 4.78 is 2.64. The van der Waals surface area contributed by atoms with Gasteiger partial charge < -0.3 is 4.90 Å². The summed E-state index contributed by atoms with van der Waals surface area (Å²) in [5, 5.41) is 10.6. The molecule has 0 spiro atoms. The lowest BCUT2D eigenvalue weighted by Crippen LogP contribution is -2.74. The third-order valence-electron chi connectivity index (χ3n) is 12.2. The van der Waals surface area contributed by atoms with E-state index in [1.165, 1.54) is 73.9 Å². The Hall–Kier alpha value is -7.30. The molecular weight excluding hydrogens is 771 g/mol. The summed E-state index contributed by atoms with van der Waals surface area (Å²) in [6.07, 6.45) is 0. The molecule has 288 valence electrons. The van der Waals surface area contributed by atoms with E-state index in [1.54, 1.807) is 0 Å². The predicted molar refractivity (Wildman–Crippen MR) is 266 cm³/mol. The topological polar surface area (TPSA) is 3.24 Å². The fourth-order valence-corrected chi connectivity index (χ4v) is 15.4. The van der Waals surface area contributed by atoms with Gasteiger partial charge in [-0.15, -0.1) is 11.3 Å². The molecule has 0 saturated heterocycles. The Balaban J connectivity index is 1.08. The van der Waals surface area contributed by atoms with Crippen LogP contribution in [0, 0.1) is 0 Å². The van der Waals surface area contributed by atoms with Gasteiger partial charge >= 0.3 is 0 Å². The molecule has 11 rings (SSSR count). The van der Waals surface area contributed by atoms with E-state index in [1.807, 2.05) is 11.3 Å². The zero-order valence-corrected chi connectivity index (χ0v) is 35.3. The van der Waals surface area contributed by atoms with Crippen LogP contribution in [0.3, 0.4) is 0 Å². The maximum Gasteiger partial charge on any atom is 0.179 e. The molecule has 10 aromatic carbocycles. The first-order valence-corrected chi connectivity index (χ1v) is 23.7. The van der Waals surface area contributed by atoms with Crippen molar-refractivity contribution in [2.75, 3.05) is 4.90 Å². The lowest BCUT2D eigenvalue weighted by Gasteiger charge is -2.34. The van der Waals surface area contributed by atoms with Gasteiger partial charge in [0.1, 0.15) is 0 Å². The van der Waals surface area contributed by atoms with Crippen molar-refractivity contribution in [2.45, 2.75) is 0 Å². The van der Waals surface area contributed by atoms with Gasteiger partial charge in [0.25, 0.3) is 0 Å². The molecule has 1 heterocycles. The van der Waals surface area contributed by atoms with Crippen molar-refractivity contribution in [3.8, 4) is 22.3 Å². The van der Waals surface area contributed by atoms with Crippen molar-refractivity contribution in [3.05, 3.63) is 249 Å². The number of benzene rings is 10. The van der Waals surface area contributed by atoms with Crippen molar-refractivity contribution >= 4 is 88.2 Å². The van der Waals surface area contributed by atoms with Gasteiger partial charge in [0.05, 0.1) is 0 Å². The molecule has 0 radical (unpaired) electrons. The van der Waals surface area contributed by atoms with Gasteiger partial charge in [-0.05, 0) is 90.9 Å². The summed E-state index contributed by atoms with van der Waals surface area (Å²) in [7, 11) is -2.71. The summed E-state index contributed by atoms with van der Waals surface area (Å²) in [6.45, 7) is 0. The van der Waals surface area contributed by atoms with E-state index in [4.69, 9.17) is 0 Å². The Kier molecular flexibility index (Phi) is 9.46. The third kappa shape index (κ3) is 6.56. The molecule has 0 saturated carbocycles. The summed E-state index contributed by atoms with van der Waals surface area (Å²) >= 11 is 1.89. The van der Waals surface area contributed by atoms with E-state index in [9.17, 15) is 0 Å². The van der Waals surface area contributed by atoms with Crippen LogP contribution in [-0.2, 0) is 0 Å². The lowest BCUT2D eigenvalue weighted by molar-refractivity contribution is 1.29. The zero-order chi connectivity index (χ0) is 40.6. The van der Waals surface area contributed by atoms with Crippen molar-refractivity contribution in [1.82, 2.24) is 0 Å². The summed E-state index contributed by atoms with van der Waals surface area (Å²) in [6, 6.07) is 91.9. The number of nitrogens with zero attached hydrogens (tertiary/aromatic N) is 1. The molecule has 1 aromatic heterocycles. The summed E-state index contributed by atoms with van der Waals surface area (Å²) in [4.78, 5) is 2.42. The van der Waals surface area contributed by atoms with Crippen LogP contribution in [0.1, 0.15) is 0 Å². The minimum Gasteiger partial charge on any atom is -0.310 e. The third-order valence-corrected chi connectivity index (χ3v) is 18.2. The molecule has 1 nitrogen and oxygen atoms in total. The van der Waals surface area contributed by atoms with E-state index in [-0.39, 0.29) is 0 Å². The molecular formula is C58H41NSSi. The van der Waals surface area contributed by atoms with Crippen LogP contribution in [0.2, 0.25) is 0 Å². The monoisotopic (exact) mass is 811 g/mol. The second kappa shape index (κ2) is 15.7. The quantitative estimate of drug-likeness (QED) is 0.104. The van der Waals surface area contributed by atoms with E-state index in [2.05, 4.69) is 254 Å². The van der Waals surface area contributed by atoms with E-state index in [0.29, 0.717) is 0 Å². The molecule has 0 aliphatic rings. The van der Waals surface area contributed by atoms with Crippen LogP contribution in [-0.4, -0.2) is 8.07 Å². The minimum atomic E-state index is -2.71. The summed E-state index contributed by atoms with van der Waals surface area (Å²) in [5.41, 5.74) is 8.12. The Morgan fingerprint density at radius 2 is 0.787 bits per heavy atom. The Morgan fingerprint density at radius 3 is 1.46 bits per heavy atom. The van der Waals surface area contributed by atoms with Gasteiger partial charge in [-0.3, -0.25) is 0 Å². The first kappa shape index (κ1) is 36.8. The van der Waals surface area contributed by atoms with Crippen LogP contribution < -0.4 is 25.6 Å². The molecule has 3 heteroatoms. The van der Waals surface area contributed by atoms with Crippen molar-refractivity contribution in [3.63, 3.8) is 0 Å². The highest BCUT2D eigenvalue weighted by atomic mass is 32.1. The number of fused-ring (bicyclic) bond motifs is 5.